The summed E-state index contributed by atoms with van der Waals surface area (Å²) in [5.74, 6) is 1.52. The number of fused-ring (bicyclic) bond motifs is 11. The normalized spacial score (nSPS) is 45.1. The maximum absolute atomic E-state index is 14.9. The third-order valence-corrected chi connectivity index (χ3v) is 15.6. The molecule has 9 unspecified atom stereocenters. The van der Waals surface area contributed by atoms with Crippen LogP contribution in [0.25, 0.3) is 11.3 Å². The Kier molecular flexibility index (Phi) is 5.53. The van der Waals surface area contributed by atoms with E-state index in [9.17, 15) is 14.0 Å². The number of ketones is 2. The summed E-state index contributed by atoms with van der Waals surface area (Å²) in [6.07, 6.45) is 9.94. The molecule has 2 aromatic rings. The molecule has 4 fully saturated rings. The minimum atomic E-state index is -0.239. The molecule has 8 rings (SSSR count). The van der Waals surface area contributed by atoms with E-state index in [2.05, 4.69) is 54.5 Å². The van der Waals surface area contributed by atoms with Gasteiger partial charge in [0.2, 0.25) is 0 Å². The van der Waals surface area contributed by atoms with Crippen molar-refractivity contribution in [2.24, 2.45) is 57.8 Å². The molecular formula is C39H49FN2O2. The van der Waals surface area contributed by atoms with Crippen LogP contribution in [0.15, 0.2) is 35.9 Å². The smallest absolute Gasteiger partial charge is 0.159 e. The van der Waals surface area contributed by atoms with Crippen molar-refractivity contribution < 1.29 is 14.0 Å². The van der Waals surface area contributed by atoms with Crippen molar-refractivity contribution in [2.75, 3.05) is 0 Å². The highest BCUT2D eigenvalue weighted by Gasteiger charge is 2.71. The number of Topliss-reactive ketones (excluding diaryl/α,β-unsaturated/α-hetero) is 1. The molecule has 234 valence electrons. The Morgan fingerprint density at radius 2 is 1.61 bits per heavy atom. The highest BCUT2D eigenvalue weighted by molar-refractivity contribution is 5.96. The van der Waals surface area contributed by atoms with Gasteiger partial charge in [0.25, 0.3) is 0 Å². The van der Waals surface area contributed by atoms with E-state index in [1.165, 1.54) is 23.3 Å². The highest BCUT2D eigenvalue weighted by atomic mass is 19.1. The number of hydrogen-bond acceptors (Lipinski definition) is 3. The highest BCUT2D eigenvalue weighted by Crippen LogP contribution is 2.76. The van der Waals surface area contributed by atoms with E-state index in [0.717, 1.165) is 68.3 Å². The lowest BCUT2D eigenvalue weighted by Crippen LogP contribution is -2.66. The number of carbonyl (C=O) groups excluding carboxylic acids is 2. The van der Waals surface area contributed by atoms with E-state index < -0.39 is 0 Å². The zero-order valence-electron chi connectivity index (χ0n) is 27.9. The topological polar surface area (TPSA) is 52.0 Å². The van der Waals surface area contributed by atoms with Crippen LogP contribution in [0.2, 0.25) is 0 Å². The van der Waals surface area contributed by atoms with Gasteiger partial charge < -0.3 is 0 Å². The fraction of sp³-hybridized carbons (Fsp3) is 0.667. The van der Waals surface area contributed by atoms with Gasteiger partial charge in [0.15, 0.2) is 5.78 Å². The Labute approximate surface area is 262 Å². The zero-order valence-corrected chi connectivity index (χ0v) is 27.9. The third-order valence-electron chi connectivity index (χ3n) is 15.6. The third kappa shape index (κ3) is 3.22. The lowest BCUT2D eigenvalue weighted by atomic mass is 9.33. The molecule has 4 nitrogen and oxygen atoms in total. The molecule has 1 heterocycles. The molecule has 9 atom stereocenters. The molecule has 0 N–H and O–H groups in total. The summed E-state index contributed by atoms with van der Waals surface area (Å²) in [6, 6.07) is 6.79. The molecule has 0 radical (unpaired) electrons. The van der Waals surface area contributed by atoms with E-state index in [-0.39, 0.29) is 44.2 Å². The average Bonchev–Trinajstić information content (AvgIpc) is 3.41. The number of hydrogen-bond donors (Lipinski definition) is 0. The largest absolute Gasteiger partial charge is 0.299 e. The van der Waals surface area contributed by atoms with Crippen molar-refractivity contribution in [1.29, 1.82) is 0 Å². The Morgan fingerprint density at radius 3 is 2.32 bits per heavy atom. The minimum Gasteiger partial charge on any atom is -0.299 e. The molecule has 0 amide bonds. The molecular weight excluding hydrogens is 547 g/mol. The average molecular weight is 597 g/mol. The van der Waals surface area contributed by atoms with Gasteiger partial charge in [-0.1, -0.05) is 54.0 Å². The summed E-state index contributed by atoms with van der Waals surface area (Å²) < 4.78 is 15.9. The SMILES string of the molecule is Cn1nc2c(c1-c1ccc(F)cc1)CC1(C)C(CCC3(C)C1C(=O)C=C1C4CC5(C)CC(CC5=O)C4(C)CCC13C)C2(C)C. The summed E-state index contributed by atoms with van der Waals surface area (Å²) in [5, 5.41) is 5.13. The zero-order chi connectivity index (χ0) is 31.4. The Hall–Kier alpha value is -2.56. The second kappa shape index (κ2) is 8.42. The van der Waals surface area contributed by atoms with Crippen molar-refractivity contribution in [1.82, 2.24) is 9.78 Å². The maximum Gasteiger partial charge on any atom is 0.159 e. The molecule has 0 aliphatic heterocycles. The van der Waals surface area contributed by atoms with Crippen LogP contribution in [0.5, 0.6) is 0 Å². The lowest BCUT2D eigenvalue weighted by Gasteiger charge is -2.70. The summed E-state index contributed by atoms with van der Waals surface area (Å²) in [4.78, 5) is 28.2. The number of benzene rings is 1. The van der Waals surface area contributed by atoms with Crippen LogP contribution in [0.4, 0.5) is 4.39 Å². The fourth-order valence-electron chi connectivity index (χ4n) is 13.1. The Balaban J connectivity index is 1.27. The first-order chi connectivity index (χ1) is 20.5. The van der Waals surface area contributed by atoms with Gasteiger partial charge in [0.05, 0.1) is 11.4 Å². The summed E-state index contributed by atoms with van der Waals surface area (Å²) in [6.45, 7) is 16.7. The molecule has 2 bridgehead atoms. The summed E-state index contributed by atoms with van der Waals surface area (Å²) in [5.41, 5.74) is 4.97. The molecule has 44 heavy (non-hydrogen) atoms. The van der Waals surface area contributed by atoms with Crippen LogP contribution in [0.1, 0.15) is 105 Å². The summed E-state index contributed by atoms with van der Waals surface area (Å²) in [7, 11) is 2.01. The molecule has 6 aliphatic rings. The summed E-state index contributed by atoms with van der Waals surface area (Å²) >= 11 is 0. The van der Waals surface area contributed by atoms with E-state index in [4.69, 9.17) is 5.10 Å². The van der Waals surface area contributed by atoms with E-state index in [0.29, 0.717) is 29.3 Å². The number of halogens is 1. The van der Waals surface area contributed by atoms with Crippen molar-refractivity contribution in [3.05, 3.63) is 53.0 Å². The van der Waals surface area contributed by atoms with Gasteiger partial charge in [-0.25, -0.2) is 4.39 Å². The number of allylic oxidation sites excluding steroid dienone is 2. The first-order valence-corrected chi connectivity index (χ1v) is 17.1. The van der Waals surface area contributed by atoms with Gasteiger partial charge in [-0.15, -0.1) is 0 Å². The van der Waals surface area contributed by atoms with E-state index >= 15 is 0 Å². The fourth-order valence-corrected chi connectivity index (χ4v) is 13.1. The van der Waals surface area contributed by atoms with Crippen molar-refractivity contribution in [3.8, 4) is 11.3 Å². The number of aryl methyl sites for hydroxylation is 1. The molecule has 1 aromatic carbocycles. The van der Waals surface area contributed by atoms with Gasteiger partial charge in [0, 0.05) is 41.3 Å². The van der Waals surface area contributed by atoms with Gasteiger partial charge in [0.1, 0.15) is 11.6 Å². The number of nitrogens with zero attached hydrogens (tertiary/aromatic N) is 2. The van der Waals surface area contributed by atoms with Gasteiger partial charge in [-0.2, -0.15) is 5.10 Å². The van der Waals surface area contributed by atoms with Crippen LogP contribution < -0.4 is 0 Å². The molecule has 1 aromatic heterocycles. The van der Waals surface area contributed by atoms with Gasteiger partial charge in [-0.3, -0.25) is 14.3 Å². The molecule has 0 saturated heterocycles. The van der Waals surface area contributed by atoms with E-state index in [1.807, 2.05) is 23.9 Å². The van der Waals surface area contributed by atoms with Crippen LogP contribution >= 0.6 is 0 Å². The Bertz CT molecular complexity index is 1670. The quantitative estimate of drug-likeness (QED) is 0.332. The van der Waals surface area contributed by atoms with E-state index in [1.54, 1.807) is 0 Å². The van der Waals surface area contributed by atoms with Crippen molar-refractivity contribution in [2.45, 2.75) is 105 Å². The standard InChI is InChI=1S/C39H49FN2O2/c1-34(2)29-13-14-39(7)32(37(29,5)20-25-31(42(8)41-33(25)34)22-9-11-24(40)12-10-22)28(43)18-26-27-21-35(3)19-23(17-30(35)44)36(27,4)15-16-38(26,39)6/h9-12,18,23,27,29,32H,13-17,19-21H2,1-8H3. The second-order valence-corrected chi connectivity index (χ2v) is 17.8. The van der Waals surface area contributed by atoms with Crippen LogP contribution in [0.3, 0.4) is 0 Å². The molecule has 4 saturated carbocycles. The van der Waals surface area contributed by atoms with Crippen LogP contribution in [0, 0.1) is 56.6 Å². The first kappa shape index (κ1) is 28.9. The monoisotopic (exact) mass is 596 g/mol. The van der Waals surface area contributed by atoms with Crippen molar-refractivity contribution >= 4 is 11.6 Å². The molecule has 6 aliphatic carbocycles. The number of rotatable bonds is 1. The maximum atomic E-state index is 14.9. The second-order valence-electron chi connectivity index (χ2n) is 17.8. The minimum absolute atomic E-state index is 0.0704. The molecule has 0 spiro atoms. The number of carbonyl (C=O) groups is 2. The molecule has 5 heteroatoms. The lowest BCUT2D eigenvalue weighted by molar-refractivity contribution is -0.173. The predicted molar refractivity (Wildman–Crippen MR) is 170 cm³/mol. The Morgan fingerprint density at radius 1 is 0.909 bits per heavy atom. The predicted octanol–water partition coefficient (Wildman–Crippen LogP) is 8.42. The van der Waals surface area contributed by atoms with Crippen LogP contribution in [-0.4, -0.2) is 21.3 Å². The first-order valence-electron chi connectivity index (χ1n) is 17.1. The van der Waals surface area contributed by atoms with Gasteiger partial charge in [-0.05, 0) is 115 Å². The number of aromatic nitrogens is 2. The van der Waals surface area contributed by atoms with Crippen LogP contribution in [-0.2, 0) is 28.5 Å². The van der Waals surface area contributed by atoms with Crippen molar-refractivity contribution in [3.63, 3.8) is 0 Å². The van der Waals surface area contributed by atoms with Gasteiger partial charge >= 0.3 is 0 Å².